The van der Waals surface area contributed by atoms with E-state index in [-0.39, 0.29) is 21.3 Å². The second kappa shape index (κ2) is 7.11. The summed E-state index contributed by atoms with van der Waals surface area (Å²) in [5.74, 6) is 0. The molecule has 0 N–H and O–H groups in total. The molecule has 1 aliphatic rings. The number of hydrogen-bond donors (Lipinski definition) is 0. The van der Waals surface area contributed by atoms with Crippen molar-refractivity contribution in [3.63, 3.8) is 0 Å². The Bertz CT molecular complexity index is 942. The largest absolute Gasteiger partial charge is 0.435 e. The van der Waals surface area contributed by atoms with Crippen molar-refractivity contribution in [3.05, 3.63) is 63.1 Å². The Morgan fingerprint density at radius 2 is 1.78 bits per heavy atom. The fourth-order valence-electron chi connectivity index (χ4n) is 3.00. The highest BCUT2D eigenvalue weighted by Crippen LogP contribution is 2.49. The molecule has 2 unspecified atom stereocenters. The molecule has 0 aliphatic carbocycles. The molecule has 0 aromatic heterocycles. The van der Waals surface area contributed by atoms with Crippen LogP contribution in [-0.4, -0.2) is 22.4 Å². The highest BCUT2D eigenvalue weighted by molar-refractivity contribution is 7.84. The molecule has 2 atom stereocenters. The molecule has 144 valence electrons. The van der Waals surface area contributed by atoms with E-state index in [0.29, 0.717) is 16.0 Å². The molecule has 9 heteroatoms. The van der Waals surface area contributed by atoms with E-state index in [0.717, 1.165) is 0 Å². The van der Waals surface area contributed by atoms with Crippen molar-refractivity contribution >= 4 is 39.7 Å². The molecule has 0 fully saturated rings. The van der Waals surface area contributed by atoms with Crippen LogP contribution in [0.3, 0.4) is 0 Å². The summed E-state index contributed by atoms with van der Waals surface area (Å²) in [6.07, 6.45) is -3.73. The Morgan fingerprint density at radius 1 is 1.15 bits per heavy atom. The Morgan fingerprint density at radius 3 is 2.30 bits per heavy atom. The molecule has 0 bridgehead atoms. The van der Waals surface area contributed by atoms with Gasteiger partial charge < -0.3 is 4.84 Å². The Kier molecular flexibility index (Phi) is 5.31. The smallest absolute Gasteiger partial charge is 0.374 e. The molecule has 0 spiro atoms. The van der Waals surface area contributed by atoms with Crippen LogP contribution in [0.1, 0.15) is 23.1 Å². The molecule has 27 heavy (non-hydrogen) atoms. The van der Waals surface area contributed by atoms with Gasteiger partial charge in [-0.25, -0.2) is 0 Å². The van der Waals surface area contributed by atoms with Gasteiger partial charge in [-0.1, -0.05) is 34.4 Å². The van der Waals surface area contributed by atoms with Crippen molar-refractivity contribution in [1.82, 2.24) is 0 Å². The lowest BCUT2D eigenvalue weighted by atomic mass is 9.86. The second-order valence-corrected chi connectivity index (χ2v) is 8.44. The molecule has 0 radical (unpaired) electrons. The van der Waals surface area contributed by atoms with Gasteiger partial charge in [-0.05, 0) is 48.4 Å². The van der Waals surface area contributed by atoms with Crippen LogP contribution in [0.5, 0.6) is 0 Å². The van der Waals surface area contributed by atoms with Crippen LogP contribution >= 0.6 is 23.2 Å². The minimum absolute atomic E-state index is 0.0730. The summed E-state index contributed by atoms with van der Waals surface area (Å²) in [5.41, 5.74) is -1.57. The number of alkyl halides is 3. The van der Waals surface area contributed by atoms with Crippen molar-refractivity contribution in [1.29, 1.82) is 0 Å². The first-order valence-corrected chi connectivity index (χ1v) is 10.1. The van der Waals surface area contributed by atoms with Crippen LogP contribution in [-0.2, 0) is 21.2 Å². The lowest BCUT2D eigenvalue weighted by Crippen LogP contribution is -2.42. The van der Waals surface area contributed by atoms with Gasteiger partial charge in [0.2, 0.25) is 0 Å². The molecule has 2 aromatic carbocycles. The number of hydrogen-bond acceptors (Lipinski definition) is 3. The van der Waals surface area contributed by atoms with E-state index in [4.69, 9.17) is 28.0 Å². The summed E-state index contributed by atoms with van der Waals surface area (Å²) in [6.45, 7) is 1.74. The Hall–Kier alpha value is -1.57. The third-order valence-corrected chi connectivity index (χ3v) is 5.85. The SMILES string of the molecule is Cc1cc(C2=NOC(c3cc(Cl)cc(Cl)c3)(C(F)(F)F)C2)ccc1S(C)=O. The fraction of sp³-hybridized carbons (Fsp3) is 0.278. The van der Waals surface area contributed by atoms with E-state index in [1.165, 1.54) is 24.5 Å². The average Bonchev–Trinajstić information content (AvgIpc) is 3.00. The topological polar surface area (TPSA) is 38.7 Å². The van der Waals surface area contributed by atoms with Gasteiger partial charge in [0.1, 0.15) is 0 Å². The molecule has 1 aliphatic heterocycles. The van der Waals surface area contributed by atoms with Crippen molar-refractivity contribution in [2.24, 2.45) is 5.16 Å². The molecule has 1 heterocycles. The normalized spacial score (nSPS) is 20.9. The predicted molar refractivity (Wildman–Crippen MR) is 99.9 cm³/mol. The first kappa shape index (κ1) is 20.2. The lowest BCUT2D eigenvalue weighted by Gasteiger charge is -2.29. The number of nitrogens with zero attached hydrogens (tertiary/aromatic N) is 1. The minimum Gasteiger partial charge on any atom is -0.374 e. The number of oxime groups is 1. The van der Waals surface area contributed by atoms with Crippen LogP contribution < -0.4 is 0 Å². The zero-order chi connectivity index (χ0) is 20.0. The summed E-state index contributed by atoms with van der Waals surface area (Å²) in [5, 5.41) is 3.86. The van der Waals surface area contributed by atoms with Gasteiger partial charge >= 0.3 is 6.18 Å². The number of benzene rings is 2. The van der Waals surface area contributed by atoms with E-state index in [9.17, 15) is 17.4 Å². The zero-order valence-electron chi connectivity index (χ0n) is 14.2. The molecule has 3 nitrogen and oxygen atoms in total. The molecular formula is C18H14Cl2F3NO2S. The van der Waals surface area contributed by atoms with E-state index in [1.807, 2.05) is 0 Å². The van der Waals surface area contributed by atoms with Crippen LogP contribution in [0.2, 0.25) is 10.0 Å². The van der Waals surface area contributed by atoms with Crippen LogP contribution in [0, 0.1) is 6.92 Å². The maximum Gasteiger partial charge on any atom is 0.435 e. The average molecular weight is 436 g/mol. The van der Waals surface area contributed by atoms with Gasteiger partial charge in [-0.15, -0.1) is 0 Å². The second-order valence-electron chi connectivity index (χ2n) is 6.22. The van der Waals surface area contributed by atoms with Crippen molar-refractivity contribution in [3.8, 4) is 0 Å². The van der Waals surface area contributed by atoms with Crippen LogP contribution in [0.4, 0.5) is 13.2 Å². The summed E-state index contributed by atoms with van der Waals surface area (Å²) in [7, 11) is -1.20. The van der Waals surface area contributed by atoms with Crippen molar-refractivity contribution in [2.45, 2.75) is 30.0 Å². The molecule has 0 saturated carbocycles. The highest BCUT2D eigenvalue weighted by Gasteiger charge is 2.62. The van der Waals surface area contributed by atoms with E-state index >= 15 is 0 Å². The number of aryl methyl sites for hydroxylation is 1. The molecule has 2 aromatic rings. The molecular weight excluding hydrogens is 422 g/mol. The van der Waals surface area contributed by atoms with Crippen molar-refractivity contribution in [2.75, 3.05) is 6.26 Å². The van der Waals surface area contributed by atoms with Gasteiger partial charge in [0.15, 0.2) is 0 Å². The van der Waals surface area contributed by atoms with Gasteiger partial charge in [0.05, 0.1) is 16.5 Å². The van der Waals surface area contributed by atoms with E-state index in [1.54, 1.807) is 25.1 Å². The quantitative estimate of drug-likeness (QED) is 0.627. The van der Waals surface area contributed by atoms with E-state index < -0.39 is 29.0 Å². The first-order chi connectivity index (χ1) is 12.5. The Labute approximate surface area is 166 Å². The summed E-state index contributed by atoms with van der Waals surface area (Å²) < 4.78 is 53.6. The molecule has 0 amide bonds. The van der Waals surface area contributed by atoms with Crippen LogP contribution in [0.25, 0.3) is 0 Å². The third kappa shape index (κ3) is 3.73. The summed E-state index contributed by atoms with van der Waals surface area (Å²) in [6, 6.07) is 8.55. The van der Waals surface area contributed by atoms with E-state index in [2.05, 4.69) is 5.16 Å². The third-order valence-electron chi connectivity index (χ3n) is 4.33. The van der Waals surface area contributed by atoms with Crippen LogP contribution in [0.15, 0.2) is 46.4 Å². The maximum absolute atomic E-state index is 14.0. The predicted octanol–water partition coefficient (Wildman–Crippen LogP) is 5.62. The summed E-state index contributed by atoms with van der Waals surface area (Å²) >= 11 is 11.8. The first-order valence-electron chi connectivity index (χ1n) is 7.76. The summed E-state index contributed by atoms with van der Waals surface area (Å²) in [4.78, 5) is 5.58. The number of rotatable bonds is 3. The standard InChI is InChI=1S/C18H14Cl2F3NO2S/c1-10-5-11(3-4-16(10)27(2)25)15-9-17(26-24-15,18(21,22)23)12-6-13(19)8-14(20)7-12/h3-8H,9H2,1-2H3. The molecule has 3 rings (SSSR count). The number of halogens is 5. The van der Waals surface area contributed by atoms with Gasteiger partial charge in [-0.2, -0.15) is 13.2 Å². The Balaban J connectivity index is 2.02. The lowest BCUT2D eigenvalue weighted by molar-refractivity contribution is -0.275. The van der Waals surface area contributed by atoms with Crippen molar-refractivity contribution < 1.29 is 22.2 Å². The maximum atomic E-state index is 14.0. The van der Waals surface area contributed by atoms with Gasteiger partial charge in [0.25, 0.3) is 5.60 Å². The van der Waals surface area contributed by atoms with Gasteiger partial charge in [-0.3, -0.25) is 4.21 Å². The monoisotopic (exact) mass is 435 g/mol. The minimum atomic E-state index is -4.74. The zero-order valence-corrected chi connectivity index (χ0v) is 16.6. The molecule has 0 saturated heterocycles. The van der Waals surface area contributed by atoms with Gasteiger partial charge in [0, 0.05) is 33.2 Å². The fourth-order valence-corrected chi connectivity index (χ4v) is 4.30. The highest BCUT2D eigenvalue weighted by atomic mass is 35.5.